The molecule has 0 saturated carbocycles. The van der Waals surface area contributed by atoms with Gasteiger partial charge in [-0.2, -0.15) is 0 Å². The van der Waals surface area contributed by atoms with E-state index in [2.05, 4.69) is 10.0 Å². The summed E-state index contributed by atoms with van der Waals surface area (Å²) in [6.07, 6.45) is 0. The van der Waals surface area contributed by atoms with E-state index in [1.807, 2.05) is 18.4 Å². The number of hydrogen-bond acceptors (Lipinski definition) is 4. The fourth-order valence-corrected chi connectivity index (χ4v) is 4.85. The lowest BCUT2D eigenvalue weighted by Crippen LogP contribution is -2.16. The normalized spacial score (nSPS) is 11.2. The largest absolute Gasteiger partial charge is 0.321 e. The molecule has 0 aliphatic carbocycles. The summed E-state index contributed by atoms with van der Waals surface area (Å²) < 4.78 is 28.1. The Balaban J connectivity index is 1.88. The average molecular weight is 421 g/mol. The summed E-state index contributed by atoms with van der Waals surface area (Å²) in [5.74, 6) is -0.266. The highest BCUT2D eigenvalue weighted by molar-refractivity contribution is 7.92. The van der Waals surface area contributed by atoms with Crippen molar-refractivity contribution < 1.29 is 13.2 Å². The monoisotopic (exact) mass is 420 g/mol. The lowest BCUT2D eigenvalue weighted by atomic mass is 10.2. The molecule has 0 fully saturated rings. The van der Waals surface area contributed by atoms with Crippen molar-refractivity contribution in [2.45, 2.75) is 18.7 Å². The molecule has 5 nitrogen and oxygen atoms in total. The van der Waals surface area contributed by atoms with Gasteiger partial charge in [-0.05, 0) is 66.8 Å². The molecule has 2 N–H and O–H groups in total. The molecule has 1 heterocycles. The van der Waals surface area contributed by atoms with Gasteiger partial charge < -0.3 is 5.32 Å². The molecule has 0 unspecified atom stereocenters. The van der Waals surface area contributed by atoms with Gasteiger partial charge in [0.15, 0.2) is 0 Å². The molecule has 0 spiro atoms. The first kappa shape index (κ1) is 19.4. The average Bonchev–Trinajstić information content (AvgIpc) is 3.02. The van der Waals surface area contributed by atoms with Crippen LogP contribution < -0.4 is 10.0 Å². The van der Waals surface area contributed by atoms with Crippen LogP contribution in [0.15, 0.2) is 58.8 Å². The number of halogens is 1. The quantitative estimate of drug-likeness (QED) is 0.604. The first-order chi connectivity index (χ1) is 12.8. The second-order valence-corrected chi connectivity index (χ2v) is 8.99. The third kappa shape index (κ3) is 4.50. The summed E-state index contributed by atoms with van der Waals surface area (Å²) in [6, 6.07) is 13.1. The van der Waals surface area contributed by atoms with Crippen LogP contribution in [0.5, 0.6) is 0 Å². The summed E-state index contributed by atoms with van der Waals surface area (Å²) in [4.78, 5) is 13.1. The van der Waals surface area contributed by atoms with Crippen molar-refractivity contribution in [1.82, 2.24) is 0 Å². The topological polar surface area (TPSA) is 75.3 Å². The number of carbonyl (C=O) groups excluding carboxylic acids is 1. The lowest BCUT2D eigenvalue weighted by Gasteiger charge is -2.13. The zero-order chi connectivity index (χ0) is 19.6. The molecule has 140 valence electrons. The number of carbonyl (C=O) groups is 1. The van der Waals surface area contributed by atoms with E-state index in [1.54, 1.807) is 37.3 Å². The maximum Gasteiger partial charge on any atom is 0.265 e. The van der Waals surface area contributed by atoms with Gasteiger partial charge in [-0.25, -0.2) is 8.42 Å². The molecule has 3 aromatic rings. The van der Waals surface area contributed by atoms with Crippen molar-refractivity contribution >= 4 is 50.2 Å². The predicted octanol–water partition coefficient (Wildman–Crippen LogP) is 5.07. The molecule has 1 amide bonds. The van der Waals surface area contributed by atoms with E-state index in [0.717, 1.165) is 5.56 Å². The van der Waals surface area contributed by atoms with Gasteiger partial charge in [0.2, 0.25) is 0 Å². The smallest absolute Gasteiger partial charge is 0.265 e. The van der Waals surface area contributed by atoms with Crippen LogP contribution in [0.2, 0.25) is 5.02 Å². The molecule has 8 heteroatoms. The van der Waals surface area contributed by atoms with Crippen molar-refractivity contribution in [3.05, 3.63) is 74.9 Å². The van der Waals surface area contributed by atoms with Crippen LogP contribution in [-0.4, -0.2) is 14.3 Å². The number of amides is 1. The second-order valence-electron chi connectivity index (χ2n) is 5.98. The molecule has 0 bridgehead atoms. The van der Waals surface area contributed by atoms with Crippen LogP contribution in [0.3, 0.4) is 0 Å². The van der Waals surface area contributed by atoms with Crippen LogP contribution in [0.25, 0.3) is 0 Å². The minimum atomic E-state index is -3.84. The van der Waals surface area contributed by atoms with E-state index in [1.165, 1.54) is 23.5 Å². The van der Waals surface area contributed by atoms with Gasteiger partial charge in [0, 0.05) is 10.7 Å². The van der Waals surface area contributed by atoms with Crippen molar-refractivity contribution in [3.8, 4) is 0 Å². The molecule has 0 saturated heterocycles. The lowest BCUT2D eigenvalue weighted by molar-refractivity contribution is 0.103. The number of thiophene rings is 1. The third-order valence-electron chi connectivity index (χ3n) is 3.88. The molecule has 27 heavy (non-hydrogen) atoms. The molecule has 3 rings (SSSR count). The van der Waals surface area contributed by atoms with Crippen molar-refractivity contribution in [2.75, 3.05) is 10.0 Å². The molecular weight excluding hydrogens is 404 g/mol. The highest BCUT2D eigenvalue weighted by Gasteiger charge is 2.19. The Morgan fingerprint density at radius 1 is 1.00 bits per heavy atom. The fourth-order valence-electron chi connectivity index (χ4n) is 2.52. The number of aryl methyl sites for hydroxylation is 2. The molecule has 0 atom stereocenters. The van der Waals surface area contributed by atoms with Gasteiger partial charge in [-0.1, -0.05) is 23.7 Å². The standard InChI is InChI=1S/C19H17ClN2O3S2/c1-12-6-7-15(21-19(23)18-13(2)8-9-26-18)11-17(12)27(24,25)22-16-5-3-4-14(20)10-16/h3-11,22H,1-2H3,(H,21,23). The van der Waals surface area contributed by atoms with Crippen LogP contribution >= 0.6 is 22.9 Å². The zero-order valence-corrected chi connectivity index (χ0v) is 17.0. The maximum absolute atomic E-state index is 12.8. The molecule has 0 aliphatic rings. The van der Waals surface area contributed by atoms with Crippen LogP contribution in [0.1, 0.15) is 20.8 Å². The Hall–Kier alpha value is -2.35. The minimum absolute atomic E-state index is 0.0863. The number of sulfonamides is 1. The predicted molar refractivity (Wildman–Crippen MR) is 110 cm³/mol. The number of rotatable bonds is 5. The van der Waals surface area contributed by atoms with E-state index in [-0.39, 0.29) is 10.8 Å². The van der Waals surface area contributed by atoms with Gasteiger partial charge >= 0.3 is 0 Å². The zero-order valence-electron chi connectivity index (χ0n) is 14.6. The van der Waals surface area contributed by atoms with Gasteiger partial charge in [0.05, 0.1) is 15.5 Å². The van der Waals surface area contributed by atoms with Crippen LogP contribution in [0, 0.1) is 13.8 Å². The molecule has 0 radical (unpaired) electrons. The van der Waals surface area contributed by atoms with E-state index >= 15 is 0 Å². The summed E-state index contributed by atoms with van der Waals surface area (Å²) in [7, 11) is -3.84. The molecule has 1 aromatic heterocycles. The SMILES string of the molecule is Cc1ccc(NC(=O)c2sccc2C)cc1S(=O)(=O)Nc1cccc(Cl)c1. The Morgan fingerprint density at radius 2 is 1.78 bits per heavy atom. The summed E-state index contributed by atoms with van der Waals surface area (Å²) in [5.41, 5.74) is 2.21. The van der Waals surface area contributed by atoms with E-state index in [9.17, 15) is 13.2 Å². The molecular formula is C19H17ClN2O3S2. The molecule has 2 aromatic carbocycles. The number of hydrogen-bond donors (Lipinski definition) is 2. The minimum Gasteiger partial charge on any atom is -0.321 e. The summed E-state index contributed by atoms with van der Waals surface area (Å²) >= 11 is 7.25. The van der Waals surface area contributed by atoms with E-state index in [4.69, 9.17) is 11.6 Å². The van der Waals surface area contributed by atoms with Gasteiger partial charge in [0.25, 0.3) is 15.9 Å². The van der Waals surface area contributed by atoms with Crippen molar-refractivity contribution in [1.29, 1.82) is 0 Å². The molecule has 0 aliphatic heterocycles. The highest BCUT2D eigenvalue weighted by Crippen LogP contribution is 2.25. The van der Waals surface area contributed by atoms with Gasteiger partial charge in [-0.15, -0.1) is 11.3 Å². The Labute approximate surface area is 167 Å². The van der Waals surface area contributed by atoms with Crippen molar-refractivity contribution in [3.63, 3.8) is 0 Å². The highest BCUT2D eigenvalue weighted by atomic mass is 35.5. The van der Waals surface area contributed by atoms with Crippen LogP contribution in [0.4, 0.5) is 11.4 Å². The Bertz CT molecular complexity index is 1110. The van der Waals surface area contributed by atoms with E-state index < -0.39 is 10.0 Å². The van der Waals surface area contributed by atoms with Crippen LogP contribution in [-0.2, 0) is 10.0 Å². The van der Waals surface area contributed by atoms with Gasteiger partial charge in [0.1, 0.15) is 0 Å². The Kier molecular flexibility index (Phi) is 5.55. The first-order valence-corrected chi connectivity index (χ1v) is 10.7. The Morgan fingerprint density at radius 3 is 2.44 bits per heavy atom. The van der Waals surface area contributed by atoms with Crippen molar-refractivity contribution in [2.24, 2.45) is 0 Å². The number of benzene rings is 2. The maximum atomic E-state index is 12.8. The van der Waals surface area contributed by atoms with Gasteiger partial charge in [-0.3, -0.25) is 9.52 Å². The van der Waals surface area contributed by atoms with E-state index in [0.29, 0.717) is 26.8 Å². The number of anilines is 2. The number of nitrogens with one attached hydrogen (secondary N) is 2. The first-order valence-electron chi connectivity index (χ1n) is 8.01. The summed E-state index contributed by atoms with van der Waals surface area (Å²) in [6.45, 7) is 3.55. The third-order valence-corrected chi connectivity index (χ3v) is 6.65. The second kappa shape index (κ2) is 7.72. The fraction of sp³-hybridized carbons (Fsp3) is 0.105. The summed E-state index contributed by atoms with van der Waals surface area (Å²) in [5, 5.41) is 5.02.